The van der Waals surface area contributed by atoms with Gasteiger partial charge in [0, 0.05) is 32.7 Å². The Bertz CT molecular complexity index is 245. The maximum atomic E-state index is 13.2. The molecule has 1 heterocycles. The highest BCUT2D eigenvalue weighted by atomic mass is 19.1. The van der Waals surface area contributed by atoms with Crippen molar-refractivity contribution >= 4 is 0 Å². The number of rotatable bonds is 4. The Hall–Kier alpha value is -0.870. The summed E-state index contributed by atoms with van der Waals surface area (Å²) in [6.07, 6.45) is 1.43. The molecule has 1 rings (SSSR count). The summed E-state index contributed by atoms with van der Waals surface area (Å²) in [4.78, 5) is 4.11. The van der Waals surface area contributed by atoms with Crippen molar-refractivity contribution in [3.05, 3.63) is 24.2 Å². The van der Waals surface area contributed by atoms with Gasteiger partial charge < -0.3 is 10.0 Å². The molecule has 0 spiro atoms. The van der Waals surface area contributed by atoms with Gasteiger partial charge in [-0.2, -0.15) is 0 Å². The SMILES string of the molecule is C=C(/C(F)=C\C)N1CCN(CCO)CC1. The molecule has 0 saturated carbocycles. The molecule has 4 heteroatoms. The van der Waals surface area contributed by atoms with Gasteiger partial charge in [0.1, 0.15) is 5.83 Å². The molecule has 0 aromatic rings. The molecule has 0 radical (unpaired) electrons. The highest BCUT2D eigenvalue weighted by Crippen LogP contribution is 2.16. The van der Waals surface area contributed by atoms with Crippen LogP contribution in [0.15, 0.2) is 24.2 Å². The fourth-order valence-electron chi connectivity index (χ4n) is 1.70. The van der Waals surface area contributed by atoms with Crippen molar-refractivity contribution in [2.24, 2.45) is 0 Å². The summed E-state index contributed by atoms with van der Waals surface area (Å²) in [6.45, 7) is 9.56. The third-order valence-corrected chi connectivity index (χ3v) is 2.70. The Balaban J connectivity index is 2.40. The van der Waals surface area contributed by atoms with Gasteiger partial charge in [-0.3, -0.25) is 4.90 Å². The molecule has 1 N–H and O–H groups in total. The van der Waals surface area contributed by atoms with Gasteiger partial charge in [-0.05, 0) is 13.0 Å². The van der Waals surface area contributed by atoms with E-state index in [0.717, 1.165) is 26.2 Å². The summed E-state index contributed by atoms with van der Waals surface area (Å²) in [7, 11) is 0. The smallest absolute Gasteiger partial charge is 0.141 e. The minimum Gasteiger partial charge on any atom is -0.395 e. The van der Waals surface area contributed by atoms with E-state index in [0.29, 0.717) is 12.2 Å². The van der Waals surface area contributed by atoms with E-state index in [4.69, 9.17) is 5.11 Å². The van der Waals surface area contributed by atoms with Crippen LogP contribution in [0.25, 0.3) is 0 Å². The van der Waals surface area contributed by atoms with Gasteiger partial charge in [0.15, 0.2) is 0 Å². The number of hydrogen-bond donors (Lipinski definition) is 1. The molecular weight excluding hydrogens is 195 g/mol. The van der Waals surface area contributed by atoms with E-state index in [1.807, 2.05) is 4.90 Å². The molecule has 0 bridgehead atoms. The number of allylic oxidation sites excluding steroid dienone is 2. The molecule has 86 valence electrons. The number of aliphatic hydroxyl groups is 1. The summed E-state index contributed by atoms with van der Waals surface area (Å²) >= 11 is 0. The van der Waals surface area contributed by atoms with Crippen LogP contribution in [0.1, 0.15) is 6.92 Å². The average molecular weight is 214 g/mol. The first kappa shape index (κ1) is 12.2. The van der Waals surface area contributed by atoms with E-state index in [2.05, 4.69) is 11.5 Å². The predicted molar refractivity (Wildman–Crippen MR) is 59.1 cm³/mol. The van der Waals surface area contributed by atoms with Crippen molar-refractivity contribution in [1.29, 1.82) is 0 Å². The average Bonchev–Trinajstić information content (AvgIpc) is 2.28. The lowest BCUT2D eigenvalue weighted by Crippen LogP contribution is -2.46. The topological polar surface area (TPSA) is 26.7 Å². The van der Waals surface area contributed by atoms with Gasteiger partial charge in [-0.15, -0.1) is 0 Å². The normalized spacial score (nSPS) is 19.4. The molecule has 0 unspecified atom stereocenters. The Morgan fingerprint density at radius 2 is 2.00 bits per heavy atom. The van der Waals surface area contributed by atoms with Crippen LogP contribution in [0.3, 0.4) is 0 Å². The number of β-amino-alcohol motifs (C(OH)–C–C–N with tert-alkyl or cyclic N) is 1. The van der Waals surface area contributed by atoms with Crippen LogP contribution < -0.4 is 0 Å². The molecule has 3 nitrogen and oxygen atoms in total. The predicted octanol–water partition coefficient (Wildman–Crippen LogP) is 0.983. The van der Waals surface area contributed by atoms with E-state index in [1.54, 1.807) is 6.92 Å². The van der Waals surface area contributed by atoms with Gasteiger partial charge in [0.2, 0.25) is 0 Å². The van der Waals surface area contributed by atoms with Gasteiger partial charge in [-0.25, -0.2) is 4.39 Å². The van der Waals surface area contributed by atoms with Crippen molar-refractivity contribution in [2.45, 2.75) is 6.92 Å². The summed E-state index contributed by atoms with van der Waals surface area (Å²) in [5, 5.41) is 8.78. The molecule has 1 aliphatic heterocycles. The van der Waals surface area contributed by atoms with Crippen LogP contribution in [0.5, 0.6) is 0 Å². The quantitative estimate of drug-likeness (QED) is 0.707. The monoisotopic (exact) mass is 214 g/mol. The summed E-state index contributed by atoms with van der Waals surface area (Å²) in [6, 6.07) is 0. The Morgan fingerprint density at radius 1 is 1.40 bits per heavy atom. The number of aliphatic hydroxyl groups excluding tert-OH is 1. The summed E-state index contributed by atoms with van der Waals surface area (Å²) in [5.74, 6) is -0.245. The second kappa shape index (κ2) is 5.88. The Kier molecular flexibility index (Phi) is 4.78. The lowest BCUT2D eigenvalue weighted by Gasteiger charge is -2.36. The van der Waals surface area contributed by atoms with Crippen molar-refractivity contribution in [1.82, 2.24) is 9.80 Å². The fourth-order valence-corrected chi connectivity index (χ4v) is 1.70. The lowest BCUT2D eigenvalue weighted by molar-refractivity contribution is 0.131. The van der Waals surface area contributed by atoms with Crippen molar-refractivity contribution < 1.29 is 9.50 Å². The van der Waals surface area contributed by atoms with E-state index in [1.165, 1.54) is 6.08 Å². The van der Waals surface area contributed by atoms with E-state index >= 15 is 0 Å². The first-order valence-electron chi connectivity index (χ1n) is 5.28. The van der Waals surface area contributed by atoms with Crippen LogP contribution in [-0.4, -0.2) is 54.2 Å². The number of halogens is 1. The Labute approximate surface area is 90.5 Å². The van der Waals surface area contributed by atoms with E-state index in [-0.39, 0.29) is 12.4 Å². The minimum atomic E-state index is -0.245. The molecule has 0 atom stereocenters. The summed E-state index contributed by atoms with van der Waals surface area (Å²) < 4.78 is 13.2. The lowest BCUT2D eigenvalue weighted by atomic mass is 10.2. The van der Waals surface area contributed by atoms with E-state index < -0.39 is 0 Å². The van der Waals surface area contributed by atoms with Gasteiger partial charge >= 0.3 is 0 Å². The largest absolute Gasteiger partial charge is 0.395 e. The van der Waals surface area contributed by atoms with Gasteiger partial charge in [-0.1, -0.05) is 6.58 Å². The second-order valence-corrected chi connectivity index (χ2v) is 3.64. The maximum absolute atomic E-state index is 13.2. The van der Waals surface area contributed by atoms with Crippen molar-refractivity contribution in [2.75, 3.05) is 39.3 Å². The van der Waals surface area contributed by atoms with Crippen LogP contribution in [0.4, 0.5) is 4.39 Å². The third kappa shape index (κ3) is 3.32. The molecule has 0 aromatic carbocycles. The molecule has 1 aliphatic rings. The van der Waals surface area contributed by atoms with Gasteiger partial charge in [0.25, 0.3) is 0 Å². The number of piperazine rings is 1. The molecule has 0 aliphatic carbocycles. The third-order valence-electron chi connectivity index (χ3n) is 2.70. The highest BCUT2D eigenvalue weighted by molar-refractivity contribution is 5.20. The molecule has 15 heavy (non-hydrogen) atoms. The zero-order chi connectivity index (χ0) is 11.3. The molecule has 1 saturated heterocycles. The second-order valence-electron chi connectivity index (χ2n) is 3.64. The number of nitrogens with zero attached hydrogens (tertiary/aromatic N) is 2. The molecule has 0 aromatic heterocycles. The number of hydrogen-bond acceptors (Lipinski definition) is 3. The van der Waals surface area contributed by atoms with Crippen LogP contribution in [0, 0.1) is 0 Å². The molecule has 1 fully saturated rings. The van der Waals surface area contributed by atoms with E-state index in [9.17, 15) is 4.39 Å². The zero-order valence-corrected chi connectivity index (χ0v) is 9.25. The van der Waals surface area contributed by atoms with Crippen molar-refractivity contribution in [3.8, 4) is 0 Å². The Morgan fingerprint density at radius 3 is 2.47 bits per heavy atom. The van der Waals surface area contributed by atoms with Crippen LogP contribution in [-0.2, 0) is 0 Å². The summed E-state index contributed by atoms with van der Waals surface area (Å²) in [5.41, 5.74) is 0.473. The minimum absolute atomic E-state index is 0.185. The van der Waals surface area contributed by atoms with Gasteiger partial charge in [0.05, 0.1) is 12.3 Å². The van der Waals surface area contributed by atoms with Crippen LogP contribution >= 0.6 is 0 Å². The van der Waals surface area contributed by atoms with Crippen LogP contribution in [0.2, 0.25) is 0 Å². The first-order valence-corrected chi connectivity index (χ1v) is 5.28. The fraction of sp³-hybridized carbons (Fsp3) is 0.636. The zero-order valence-electron chi connectivity index (χ0n) is 9.25. The highest BCUT2D eigenvalue weighted by Gasteiger charge is 2.18. The maximum Gasteiger partial charge on any atom is 0.141 e. The standard InChI is InChI=1S/C11H19FN2O/c1-3-11(12)10(2)14-6-4-13(5-7-14)8-9-15/h3,15H,2,4-9H2,1H3/b11-3+. The first-order chi connectivity index (χ1) is 7.19. The molecule has 0 amide bonds. The molecular formula is C11H19FN2O. The van der Waals surface area contributed by atoms with Crippen molar-refractivity contribution in [3.63, 3.8) is 0 Å².